The van der Waals surface area contributed by atoms with Gasteiger partial charge in [0.25, 0.3) is 0 Å². The number of nitrogens with zero attached hydrogens (tertiary/aromatic N) is 3. The fourth-order valence-electron chi connectivity index (χ4n) is 4.65. The number of likely N-dealkylation sites (tertiary alicyclic amines) is 2. The molecule has 0 radical (unpaired) electrons. The first-order valence-corrected chi connectivity index (χ1v) is 10.9. The van der Waals surface area contributed by atoms with Crippen LogP contribution in [0.5, 0.6) is 0 Å². The molecule has 29 heavy (non-hydrogen) atoms. The van der Waals surface area contributed by atoms with E-state index in [0.29, 0.717) is 12.6 Å². The summed E-state index contributed by atoms with van der Waals surface area (Å²) in [6.07, 6.45) is 8.00. The van der Waals surface area contributed by atoms with Gasteiger partial charge < -0.3 is 10.2 Å². The summed E-state index contributed by atoms with van der Waals surface area (Å²) in [5.74, 6) is 0.354. The van der Waals surface area contributed by atoms with Gasteiger partial charge >= 0.3 is 0 Å². The molecule has 1 N–H and O–H groups in total. The highest BCUT2D eigenvalue weighted by Gasteiger charge is 2.30. The number of benzene rings is 1. The normalized spacial score (nSPS) is 19.9. The van der Waals surface area contributed by atoms with E-state index in [-0.39, 0.29) is 11.8 Å². The van der Waals surface area contributed by atoms with E-state index in [1.165, 1.54) is 31.5 Å². The van der Waals surface area contributed by atoms with Crippen LogP contribution in [0.3, 0.4) is 0 Å². The van der Waals surface area contributed by atoms with Crippen LogP contribution >= 0.6 is 0 Å². The zero-order valence-corrected chi connectivity index (χ0v) is 17.2. The van der Waals surface area contributed by atoms with Crippen LogP contribution in [0.15, 0.2) is 54.9 Å². The SMILES string of the molecule is O=C(NCc1cccnc1)C1CCN(C2CCN(Cc3ccccc3)CC2)CC1. The largest absolute Gasteiger partial charge is 0.352 e. The highest BCUT2D eigenvalue weighted by atomic mass is 16.1. The molecule has 1 aromatic carbocycles. The van der Waals surface area contributed by atoms with E-state index >= 15 is 0 Å². The summed E-state index contributed by atoms with van der Waals surface area (Å²) in [4.78, 5) is 21.8. The van der Waals surface area contributed by atoms with Crippen LogP contribution < -0.4 is 5.32 Å². The molecule has 0 unspecified atom stereocenters. The maximum absolute atomic E-state index is 12.5. The van der Waals surface area contributed by atoms with Crippen molar-refractivity contribution in [2.75, 3.05) is 26.2 Å². The van der Waals surface area contributed by atoms with Gasteiger partial charge in [-0.15, -0.1) is 0 Å². The first-order valence-electron chi connectivity index (χ1n) is 10.9. The summed E-state index contributed by atoms with van der Waals surface area (Å²) in [7, 11) is 0. The van der Waals surface area contributed by atoms with Crippen molar-refractivity contribution >= 4 is 5.91 Å². The number of aromatic nitrogens is 1. The lowest BCUT2D eigenvalue weighted by molar-refractivity contribution is -0.126. The van der Waals surface area contributed by atoms with Crippen LogP contribution in [-0.4, -0.2) is 52.9 Å². The fourth-order valence-corrected chi connectivity index (χ4v) is 4.65. The summed E-state index contributed by atoms with van der Waals surface area (Å²) in [5, 5.41) is 3.09. The van der Waals surface area contributed by atoms with Crippen molar-refractivity contribution < 1.29 is 4.79 Å². The number of hydrogen-bond donors (Lipinski definition) is 1. The molecule has 0 bridgehead atoms. The summed E-state index contributed by atoms with van der Waals surface area (Å²) >= 11 is 0. The molecular weight excluding hydrogens is 360 g/mol. The highest BCUT2D eigenvalue weighted by Crippen LogP contribution is 2.24. The molecule has 0 atom stereocenters. The molecular formula is C24H32N4O. The maximum atomic E-state index is 12.5. The molecule has 1 aromatic heterocycles. The van der Waals surface area contributed by atoms with E-state index < -0.39 is 0 Å². The Morgan fingerprint density at radius 2 is 1.66 bits per heavy atom. The van der Waals surface area contributed by atoms with E-state index in [0.717, 1.165) is 38.0 Å². The molecule has 2 aliphatic rings. The summed E-state index contributed by atoms with van der Waals surface area (Å²) in [6, 6.07) is 15.4. The first kappa shape index (κ1) is 20.0. The van der Waals surface area contributed by atoms with Gasteiger partial charge in [0.15, 0.2) is 0 Å². The smallest absolute Gasteiger partial charge is 0.223 e. The quantitative estimate of drug-likeness (QED) is 0.821. The topological polar surface area (TPSA) is 48.5 Å². The lowest BCUT2D eigenvalue weighted by Crippen LogP contribution is -2.49. The third-order valence-corrected chi connectivity index (χ3v) is 6.41. The Morgan fingerprint density at radius 3 is 2.34 bits per heavy atom. The Morgan fingerprint density at radius 1 is 0.931 bits per heavy atom. The van der Waals surface area contributed by atoms with E-state index in [9.17, 15) is 4.79 Å². The van der Waals surface area contributed by atoms with Gasteiger partial charge in [-0.25, -0.2) is 0 Å². The van der Waals surface area contributed by atoms with Crippen LogP contribution in [-0.2, 0) is 17.9 Å². The molecule has 2 aromatic rings. The van der Waals surface area contributed by atoms with Gasteiger partial charge in [0.2, 0.25) is 5.91 Å². The molecule has 5 heteroatoms. The molecule has 154 valence electrons. The Bertz CT molecular complexity index is 751. The zero-order chi connectivity index (χ0) is 19.9. The average molecular weight is 393 g/mol. The van der Waals surface area contributed by atoms with Gasteiger partial charge in [0.1, 0.15) is 0 Å². The summed E-state index contributed by atoms with van der Waals surface area (Å²) in [5.41, 5.74) is 2.46. The fraction of sp³-hybridized carbons (Fsp3) is 0.500. The van der Waals surface area contributed by atoms with Gasteiger partial charge in [-0.2, -0.15) is 0 Å². The molecule has 3 heterocycles. The van der Waals surface area contributed by atoms with Crippen LogP contribution in [0.1, 0.15) is 36.8 Å². The Kier molecular flexibility index (Phi) is 6.91. The van der Waals surface area contributed by atoms with Crippen molar-refractivity contribution in [2.24, 2.45) is 5.92 Å². The third kappa shape index (κ3) is 5.64. The van der Waals surface area contributed by atoms with Gasteiger partial charge in [-0.1, -0.05) is 36.4 Å². The van der Waals surface area contributed by atoms with Crippen molar-refractivity contribution in [2.45, 2.75) is 44.8 Å². The molecule has 2 saturated heterocycles. The van der Waals surface area contributed by atoms with Gasteiger partial charge in [0.05, 0.1) is 0 Å². The zero-order valence-electron chi connectivity index (χ0n) is 17.2. The minimum atomic E-state index is 0.154. The van der Waals surface area contributed by atoms with E-state index in [1.54, 1.807) is 6.20 Å². The number of hydrogen-bond acceptors (Lipinski definition) is 4. The van der Waals surface area contributed by atoms with Gasteiger partial charge in [0, 0.05) is 37.4 Å². The molecule has 0 aliphatic carbocycles. The number of carbonyl (C=O) groups excluding carboxylic acids is 1. The van der Waals surface area contributed by atoms with Crippen LogP contribution in [0.4, 0.5) is 0 Å². The number of piperidine rings is 2. The number of nitrogens with one attached hydrogen (secondary N) is 1. The molecule has 5 nitrogen and oxygen atoms in total. The van der Waals surface area contributed by atoms with Crippen molar-refractivity contribution in [3.63, 3.8) is 0 Å². The first-order chi connectivity index (χ1) is 14.3. The van der Waals surface area contributed by atoms with Crippen LogP contribution in [0, 0.1) is 5.92 Å². The van der Waals surface area contributed by atoms with Crippen molar-refractivity contribution in [1.29, 1.82) is 0 Å². The monoisotopic (exact) mass is 392 g/mol. The number of carbonyl (C=O) groups is 1. The second-order valence-electron chi connectivity index (χ2n) is 8.38. The van der Waals surface area contributed by atoms with Crippen molar-refractivity contribution in [3.8, 4) is 0 Å². The minimum Gasteiger partial charge on any atom is -0.352 e. The van der Waals surface area contributed by atoms with Gasteiger partial charge in [-0.05, 0) is 69.1 Å². The number of amides is 1. The number of rotatable bonds is 6. The predicted octanol–water partition coefficient (Wildman–Crippen LogP) is 3.07. The third-order valence-electron chi connectivity index (χ3n) is 6.41. The molecule has 1 amide bonds. The van der Waals surface area contributed by atoms with E-state index in [1.807, 2.05) is 18.3 Å². The lowest BCUT2D eigenvalue weighted by atomic mass is 9.92. The van der Waals surface area contributed by atoms with Crippen molar-refractivity contribution in [1.82, 2.24) is 20.1 Å². The Balaban J connectivity index is 1.17. The number of pyridine rings is 1. The van der Waals surface area contributed by atoms with Gasteiger partial charge in [-0.3, -0.25) is 14.7 Å². The van der Waals surface area contributed by atoms with E-state index in [4.69, 9.17) is 0 Å². The lowest BCUT2D eigenvalue weighted by Gasteiger charge is -2.41. The predicted molar refractivity (Wildman–Crippen MR) is 115 cm³/mol. The second-order valence-corrected chi connectivity index (χ2v) is 8.38. The Hall–Kier alpha value is -2.24. The second kappa shape index (κ2) is 9.99. The molecule has 0 saturated carbocycles. The minimum absolute atomic E-state index is 0.154. The average Bonchev–Trinajstić information content (AvgIpc) is 2.79. The molecule has 2 aliphatic heterocycles. The highest BCUT2D eigenvalue weighted by molar-refractivity contribution is 5.78. The van der Waals surface area contributed by atoms with Crippen molar-refractivity contribution in [3.05, 3.63) is 66.0 Å². The Labute approximate surface area is 174 Å². The molecule has 0 spiro atoms. The molecule has 2 fully saturated rings. The summed E-state index contributed by atoms with van der Waals surface area (Å²) < 4.78 is 0. The van der Waals surface area contributed by atoms with Crippen LogP contribution in [0.25, 0.3) is 0 Å². The van der Waals surface area contributed by atoms with E-state index in [2.05, 4.69) is 50.4 Å². The molecule has 4 rings (SSSR count). The summed E-state index contributed by atoms with van der Waals surface area (Å²) in [6.45, 7) is 6.08. The van der Waals surface area contributed by atoms with Crippen LogP contribution in [0.2, 0.25) is 0 Å². The maximum Gasteiger partial charge on any atom is 0.223 e. The standard InChI is InChI=1S/C24H32N4O/c29-24(26-18-21-7-4-12-25-17-21)22-8-15-28(16-9-22)23-10-13-27(14-11-23)19-20-5-2-1-3-6-20/h1-7,12,17,22-23H,8-11,13-16,18-19H2,(H,26,29).